The molecule has 0 spiro atoms. The Kier molecular flexibility index (Phi) is 4.43. The van der Waals surface area contributed by atoms with E-state index in [1.54, 1.807) is 24.1 Å². The fourth-order valence-corrected chi connectivity index (χ4v) is 2.73. The molecule has 22 heavy (non-hydrogen) atoms. The number of methoxy groups -OCH3 is 1. The van der Waals surface area contributed by atoms with Crippen LogP contribution in [0.5, 0.6) is 5.75 Å². The summed E-state index contributed by atoms with van der Waals surface area (Å²) in [5.41, 5.74) is 1.30. The van der Waals surface area contributed by atoms with Crippen LogP contribution in [0.4, 0.5) is 4.39 Å². The lowest BCUT2D eigenvalue weighted by Crippen LogP contribution is -2.38. The zero-order chi connectivity index (χ0) is 15.5. The van der Waals surface area contributed by atoms with E-state index >= 15 is 0 Å². The van der Waals surface area contributed by atoms with Crippen molar-refractivity contribution in [2.75, 3.05) is 20.2 Å². The Bertz CT molecular complexity index is 596. The van der Waals surface area contributed by atoms with Crippen molar-refractivity contribution >= 4 is 5.91 Å². The molecule has 3 rings (SSSR count). The summed E-state index contributed by atoms with van der Waals surface area (Å²) in [4.78, 5) is 14.5. The van der Waals surface area contributed by atoms with Crippen LogP contribution in [0.2, 0.25) is 0 Å². The predicted octanol–water partition coefficient (Wildman–Crippen LogP) is 2.25. The first kappa shape index (κ1) is 15.0. The Morgan fingerprint density at radius 3 is 2.91 bits per heavy atom. The minimum Gasteiger partial charge on any atom is -0.497 e. The largest absolute Gasteiger partial charge is 0.497 e. The van der Waals surface area contributed by atoms with E-state index in [1.807, 2.05) is 6.08 Å². The van der Waals surface area contributed by atoms with Crippen molar-refractivity contribution in [1.82, 2.24) is 10.2 Å². The van der Waals surface area contributed by atoms with E-state index in [-0.39, 0.29) is 17.8 Å². The Morgan fingerprint density at radius 1 is 1.45 bits per heavy atom. The molecular weight excluding hydrogens is 283 g/mol. The predicted molar refractivity (Wildman–Crippen MR) is 82.1 cm³/mol. The van der Waals surface area contributed by atoms with Gasteiger partial charge in [-0.2, -0.15) is 0 Å². The summed E-state index contributed by atoms with van der Waals surface area (Å²) in [7, 11) is 1.55. The van der Waals surface area contributed by atoms with Crippen molar-refractivity contribution in [2.45, 2.75) is 31.8 Å². The minimum atomic E-state index is -0.296. The van der Waals surface area contributed by atoms with Crippen molar-refractivity contribution in [1.29, 1.82) is 0 Å². The van der Waals surface area contributed by atoms with Crippen LogP contribution in [0.25, 0.3) is 0 Å². The number of hydrogen-bond donors (Lipinski definition) is 1. The lowest BCUT2D eigenvalue weighted by Gasteiger charge is -2.26. The number of hydrogen-bond acceptors (Lipinski definition) is 3. The van der Waals surface area contributed by atoms with Gasteiger partial charge >= 0.3 is 0 Å². The van der Waals surface area contributed by atoms with Crippen LogP contribution in [0.1, 0.15) is 24.8 Å². The highest BCUT2D eigenvalue weighted by atomic mass is 19.1. The molecule has 1 aromatic rings. The summed E-state index contributed by atoms with van der Waals surface area (Å²) >= 11 is 0. The molecule has 0 atom stereocenters. The molecule has 1 aliphatic carbocycles. The van der Waals surface area contributed by atoms with Crippen molar-refractivity contribution in [3.63, 3.8) is 0 Å². The first-order valence-electron chi connectivity index (χ1n) is 7.72. The van der Waals surface area contributed by atoms with E-state index in [0.29, 0.717) is 24.4 Å². The number of benzene rings is 1. The molecule has 0 unspecified atom stereocenters. The van der Waals surface area contributed by atoms with Crippen molar-refractivity contribution < 1.29 is 13.9 Å². The highest BCUT2D eigenvalue weighted by Gasteiger charge is 2.34. The second-order valence-electron chi connectivity index (χ2n) is 5.82. The number of halogens is 1. The zero-order valence-corrected chi connectivity index (χ0v) is 12.8. The molecule has 118 valence electrons. The van der Waals surface area contributed by atoms with Crippen LogP contribution in [-0.4, -0.2) is 37.0 Å². The number of nitrogens with zero attached hydrogens (tertiary/aromatic N) is 1. The Labute approximate surface area is 129 Å². The maximum atomic E-state index is 14.0. The van der Waals surface area contributed by atoms with Crippen molar-refractivity contribution in [3.8, 4) is 5.75 Å². The highest BCUT2D eigenvalue weighted by Crippen LogP contribution is 2.31. The Morgan fingerprint density at radius 2 is 2.27 bits per heavy atom. The molecule has 1 aliphatic heterocycles. The smallest absolute Gasteiger partial charge is 0.251 e. The average molecular weight is 304 g/mol. The summed E-state index contributed by atoms with van der Waals surface area (Å²) in [5, 5.41) is 3.21. The van der Waals surface area contributed by atoms with Gasteiger partial charge in [0.05, 0.1) is 7.11 Å². The number of nitrogens with one attached hydrogen (secondary N) is 1. The van der Waals surface area contributed by atoms with Gasteiger partial charge in [-0.1, -0.05) is 6.08 Å². The molecule has 1 aromatic carbocycles. The molecule has 4 nitrogen and oxygen atoms in total. The summed E-state index contributed by atoms with van der Waals surface area (Å²) in [6, 6.07) is 4.90. The van der Waals surface area contributed by atoms with E-state index in [0.717, 1.165) is 31.4 Å². The number of amides is 1. The SMILES string of the molecule is COc1ccc(F)c(CN(C(=O)C2=CCCNC2)C2CC2)c1. The fourth-order valence-electron chi connectivity index (χ4n) is 2.73. The molecule has 0 saturated heterocycles. The summed E-state index contributed by atoms with van der Waals surface area (Å²) in [6.07, 6.45) is 4.86. The standard InChI is InChI=1S/C17H21FN2O2/c1-22-15-6-7-16(18)13(9-15)11-20(14-4-5-14)17(21)12-3-2-8-19-10-12/h3,6-7,9,14,19H,2,4-5,8,10-11H2,1H3. The van der Waals surface area contributed by atoms with Crippen molar-refractivity contribution in [3.05, 3.63) is 41.2 Å². The highest BCUT2D eigenvalue weighted by molar-refractivity contribution is 5.94. The molecule has 1 heterocycles. The molecular formula is C17H21FN2O2. The van der Waals surface area contributed by atoms with Gasteiger partial charge in [-0.05, 0) is 44.0 Å². The second-order valence-corrected chi connectivity index (χ2v) is 5.82. The van der Waals surface area contributed by atoms with Gasteiger partial charge in [0.15, 0.2) is 0 Å². The molecule has 5 heteroatoms. The van der Waals surface area contributed by atoms with Gasteiger partial charge in [-0.3, -0.25) is 4.79 Å². The van der Waals surface area contributed by atoms with E-state index < -0.39 is 0 Å². The van der Waals surface area contributed by atoms with E-state index in [1.165, 1.54) is 6.07 Å². The molecule has 0 bridgehead atoms. The van der Waals surface area contributed by atoms with Crippen LogP contribution in [-0.2, 0) is 11.3 Å². The third-order valence-corrected chi connectivity index (χ3v) is 4.14. The maximum absolute atomic E-state index is 14.0. The molecule has 0 aromatic heterocycles. The van der Waals surface area contributed by atoms with Crippen LogP contribution in [0.3, 0.4) is 0 Å². The third-order valence-electron chi connectivity index (χ3n) is 4.14. The minimum absolute atomic E-state index is 0.0249. The molecule has 1 N–H and O–H groups in total. The number of carbonyl (C=O) groups is 1. The first-order chi connectivity index (χ1) is 10.7. The fraction of sp³-hybridized carbons (Fsp3) is 0.471. The van der Waals surface area contributed by atoms with Gasteiger partial charge in [0.2, 0.25) is 0 Å². The van der Waals surface area contributed by atoms with Gasteiger partial charge in [0, 0.05) is 30.3 Å². The van der Waals surface area contributed by atoms with Crippen LogP contribution in [0, 0.1) is 5.82 Å². The Hall–Kier alpha value is -1.88. The molecule has 1 fully saturated rings. The van der Waals surface area contributed by atoms with Gasteiger partial charge < -0.3 is 15.0 Å². The molecule has 1 amide bonds. The van der Waals surface area contributed by atoms with Gasteiger partial charge in [0.25, 0.3) is 5.91 Å². The van der Waals surface area contributed by atoms with Crippen LogP contribution < -0.4 is 10.1 Å². The lowest BCUT2D eigenvalue weighted by atomic mass is 10.1. The van der Waals surface area contributed by atoms with Gasteiger partial charge in [0.1, 0.15) is 11.6 Å². The number of rotatable bonds is 5. The maximum Gasteiger partial charge on any atom is 0.251 e. The van der Waals surface area contributed by atoms with Crippen molar-refractivity contribution in [2.24, 2.45) is 0 Å². The van der Waals surface area contributed by atoms with Gasteiger partial charge in [-0.15, -0.1) is 0 Å². The molecule has 0 radical (unpaired) electrons. The Balaban J connectivity index is 1.80. The zero-order valence-electron chi connectivity index (χ0n) is 12.8. The van der Waals surface area contributed by atoms with E-state index in [9.17, 15) is 9.18 Å². The van der Waals surface area contributed by atoms with Crippen LogP contribution in [0.15, 0.2) is 29.8 Å². The lowest BCUT2D eigenvalue weighted by molar-refractivity contribution is -0.128. The monoisotopic (exact) mass is 304 g/mol. The average Bonchev–Trinajstić information content (AvgIpc) is 3.39. The summed E-state index contributed by atoms with van der Waals surface area (Å²) in [5.74, 6) is 0.338. The summed E-state index contributed by atoms with van der Waals surface area (Å²) < 4.78 is 19.2. The van der Waals surface area contributed by atoms with Gasteiger partial charge in [-0.25, -0.2) is 4.39 Å². The van der Waals surface area contributed by atoms with Crippen LogP contribution >= 0.6 is 0 Å². The third kappa shape index (κ3) is 3.30. The first-order valence-corrected chi connectivity index (χ1v) is 7.72. The second kappa shape index (κ2) is 6.48. The normalized spacial score (nSPS) is 17.8. The quantitative estimate of drug-likeness (QED) is 0.907. The topological polar surface area (TPSA) is 41.6 Å². The van der Waals surface area contributed by atoms with E-state index in [2.05, 4.69) is 5.32 Å². The number of ether oxygens (including phenoxy) is 1. The number of carbonyl (C=O) groups excluding carboxylic acids is 1. The molecule has 2 aliphatic rings. The molecule has 1 saturated carbocycles. The summed E-state index contributed by atoms with van der Waals surface area (Å²) in [6.45, 7) is 1.80. The van der Waals surface area contributed by atoms with E-state index in [4.69, 9.17) is 4.74 Å².